The van der Waals surface area contributed by atoms with Crippen LogP contribution in [-0.2, 0) is 20.4 Å². The van der Waals surface area contributed by atoms with Crippen LogP contribution in [0.15, 0.2) is 24.3 Å². The van der Waals surface area contributed by atoms with Crippen LogP contribution in [-0.4, -0.2) is 5.11 Å². The van der Waals surface area contributed by atoms with Crippen LogP contribution in [0.4, 0.5) is 0 Å². The molecule has 1 aromatic carbocycles. The second kappa shape index (κ2) is 3.66. The maximum atomic E-state index is 8.61. The minimum atomic E-state index is 0. The molecule has 1 aromatic rings. The molecule has 0 unspecified atom stereocenters. The predicted molar refractivity (Wildman–Crippen MR) is 26.9 cm³/mol. The van der Waals surface area contributed by atoms with Gasteiger partial charge in [-0.2, -0.15) is 18.2 Å². The van der Waals surface area contributed by atoms with Crippen LogP contribution in [0.2, 0.25) is 0 Å². The summed E-state index contributed by atoms with van der Waals surface area (Å²) in [5.41, 5.74) is 0. The smallest absolute Gasteiger partial charge is 0.00821 e. The van der Waals surface area contributed by atoms with E-state index in [0.717, 1.165) is 0 Å². The number of hydrogen-bond donors (Lipinski definition) is 1. The van der Waals surface area contributed by atoms with E-state index in [1.807, 2.05) is 0 Å². The van der Waals surface area contributed by atoms with Crippen molar-refractivity contribution < 1.29 is 25.5 Å². The molecule has 1 N–H and O–H groups in total. The second-order valence-corrected chi connectivity index (χ2v) is 1.26. The maximum Gasteiger partial charge on any atom is 0.00821 e. The molecule has 2 heteroatoms. The summed E-state index contributed by atoms with van der Waals surface area (Å²) >= 11 is 0. The van der Waals surface area contributed by atoms with Gasteiger partial charge < -0.3 is 5.11 Å². The molecule has 0 bridgehead atoms. The molecule has 0 saturated carbocycles. The largest absolute Gasteiger partial charge is 0.533 e. The standard InChI is InChI=1S/C6H5O.Pd/c7-6-4-2-1-3-5-6;/h2-5,7H;/q-1;. The van der Waals surface area contributed by atoms with Crippen molar-refractivity contribution in [2.45, 2.75) is 0 Å². The van der Waals surface area contributed by atoms with Gasteiger partial charge in [-0.3, -0.25) is 0 Å². The molecule has 8 heavy (non-hydrogen) atoms. The van der Waals surface area contributed by atoms with Crippen LogP contribution in [0.5, 0.6) is 5.75 Å². The van der Waals surface area contributed by atoms with Crippen molar-refractivity contribution in [3.05, 3.63) is 30.3 Å². The summed E-state index contributed by atoms with van der Waals surface area (Å²) in [5.74, 6) is 0.291. The Balaban J connectivity index is 0.000000490. The third kappa shape index (κ3) is 2.11. The van der Waals surface area contributed by atoms with Crippen molar-refractivity contribution in [3.63, 3.8) is 0 Å². The molecule has 0 radical (unpaired) electrons. The quantitative estimate of drug-likeness (QED) is 0.492. The first-order chi connectivity index (χ1) is 3.39. The summed E-state index contributed by atoms with van der Waals surface area (Å²) in [6.07, 6.45) is 0. The van der Waals surface area contributed by atoms with Gasteiger partial charge in [0, 0.05) is 26.2 Å². The van der Waals surface area contributed by atoms with Crippen LogP contribution in [0.3, 0.4) is 0 Å². The number of benzene rings is 1. The van der Waals surface area contributed by atoms with Gasteiger partial charge in [0.25, 0.3) is 0 Å². The van der Waals surface area contributed by atoms with Gasteiger partial charge in [-0.05, 0) is 0 Å². The van der Waals surface area contributed by atoms with Gasteiger partial charge in [-0.15, -0.1) is 12.1 Å². The number of hydrogen-bond acceptors (Lipinski definition) is 1. The van der Waals surface area contributed by atoms with Gasteiger partial charge >= 0.3 is 0 Å². The van der Waals surface area contributed by atoms with Crippen molar-refractivity contribution in [2.24, 2.45) is 0 Å². The zero-order chi connectivity index (χ0) is 5.11. The summed E-state index contributed by atoms with van der Waals surface area (Å²) in [6.45, 7) is 0. The van der Waals surface area contributed by atoms with Crippen molar-refractivity contribution >= 4 is 0 Å². The molecule has 0 aliphatic rings. The third-order valence-electron chi connectivity index (χ3n) is 0.701. The fraction of sp³-hybridized carbons (Fsp3) is 0. The van der Waals surface area contributed by atoms with Crippen LogP contribution in [0.1, 0.15) is 0 Å². The summed E-state index contributed by atoms with van der Waals surface area (Å²) < 4.78 is 0. The van der Waals surface area contributed by atoms with Gasteiger partial charge in [0.1, 0.15) is 0 Å². The topological polar surface area (TPSA) is 20.2 Å². The Morgan fingerprint density at radius 2 is 1.75 bits per heavy atom. The van der Waals surface area contributed by atoms with Gasteiger partial charge in [0.15, 0.2) is 0 Å². The minimum absolute atomic E-state index is 0. The molecule has 0 fully saturated rings. The number of phenolic OH excluding ortho intramolecular Hbond substituents is 1. The zero-order valence-electron chi connectivity index (χ0n) is 4.07. The molecule has 0 saturated heterocycles. The van der Waals surface area contributed by atoms with Crippen LogP contribution in [0.25, 0.3) is 0 Å². The summed E-state index contributed by atoms with van der Waals surface area (Å²) in [5, 5.41) is 8.61. The van der Waals surface area contributed by atoms with Crippen LogP contribution >= 0.6 is 0 Å². The summed E-state index contributed by atoms with van der Waals surface area (Å²) in [6, 6.07) is 9.26. The van der Waals surface area contributed by atoms with Crippen molar-refractivity contribution in [1.29, 1.82) is 0 Å². The molecular formula is C6H5OPd-. The fourth-order valence-corrected chi connectivity index (χ4v) is 0.378. The van der Waals surface area contributed by atoms with E-state index in [2.05, 4.69) is 6.07 Å². The van der Waals surface area contributed by atoms with Crippen LogP contribution in [0, 0.1) is 6.07 Å². The monoisotopic (exact) mass is 199 g/mol. The molecule has 0 aliphatic carbocycles. The van der Waals surface area contributed by atoms with E-state index in [9.17, 15) is 0 Å². The Kier molecular flexibility index (Phi) is 3.51. The molecule has 0 atom stereocenters. The Labute approximate surface area is 62.0 Å². The van der Waals surface area contributed by atoms with E-state index in [-0.39, 0.29) is 20.4 Å². The van der Waals surface area contributed by atoms with Crippen molar-refractivity contribution in [2.75, 3.05) is 0 Å². The van der Waals surface area contributed by atoms with Gasteiger partial charge in [0.05, 0.1) is 0 Å². The molecule has 1 nitrogen and oxygen atoms in total. The summed E-state index contributed by atoms with van der Waals surface area (Å²) in [4.78, 5) is 0. The Morgan fingerprint density at radius 1 is 1.25 bits per heavy atom. The average molecular weight is 200 g/mol. The zero-order valence-corrected chi connectivity index (χ0v) is 5.63. The molecule has 46 valence electrons. The van der Waals surface area contributed by atoms with E-state index < -0.39 is 0 Å². The fourth-order valence-electron chi connectivity index (χ4n) is 0.378. The number of phenols is 1. The van der Waals surface area contributed by atoms with E-state index in [1.54, 1.807) is 24.3 Å². The van der Waals surface area contributed by atoms with E-state index in [1.165, 1.54) is 0 Å². The minimum Gasteiger partial charge on any atom is -0.533 e. The Hall–Kier alpha value is -0.318. The van der Waals surface area contributed by atoms with E-state index >= 15 is 0 Å². The van der Waals surface area contributed by atoms with Gasteiger partial charge in [0.2, 0.25) is 0 Å². The van der Waals surface area contributed by atoms with Crippen molar-refractivity contribution in [3.8, 4) is 5.75 Å². The first-order valence-electron chi connectivity index (χ1n) is 2.04. The van der Waals surface area contributed by atoms with E-state index in [4.69, 9.17) is 5.11 Å². The SMILES string of the molecule is Oc1cc[c-]cc1.[Pd]. The molecule has 0 spiro atoms. The van der Waals surface area contributed by atoms with E-state index in [0.29, 0.717) is 5.75 Å². The normalized spacial score (nSPS) is 7.50. The van der Waals surface area contributed by atoms with Gasteiger partial charge in [-0.1, -0.05) is 0 Å². The maximum absolute atomic E-state index is 8.61. The molecule has 0 amide bonds. The first kappa shape index (κ1) is 7.68. The van der Waals surface area contributed by atoms with Crippen LogP contribution < -0.4 is 0 Å². The first-order valence-corrected chi connectivity index (χ1v) is 2.04. The number of aromatic hydroxyl groups is 1. The molecular weight excluding hydrogens is 194 g/mol. The molecule has 0 heterocycles. The Morgan fingerprint density at radius 3 is 2.00 bits per heavy atom. The van der Waals surface area contributed by atoms with Crippen molar-refractivity contribution in [1.82, 2.24) is 0 Å². The number of rotatable bonds is 0. The average Bonchev–Trinajstić information content (AvgIpc) is 1.69. The Bertz CT molecular complexity index is 138. The second-order valence-electron chi connectivity index (χ2n) is 1.26. The molecule has 1 rings (SSSR count). The van der Waals surface area contributed by atoms with Gasteiger partial charge in [-0.25, -0.2) is 0 Å². The third-order valence-corrected chi connectivity index (χ3v) is 0.701. The molecule has 0 aromatic heterocycles. The predicted octanol–water partition coefficient (Wildman–Crippen LogP) is 1.19. The molecule has 0 aliphatic heterocycles. The summed E-state index contributed by atoms with van der Waals surface area (Å²) in [7, 11) is 0.